The zero-order valence-electron chi connectivity index (χ0n) is 12.8. The molecule has 0 bridgehead atoms. The molecule has 2 aromatic rings. The summed E-state index contributed by atoms with van der Waals surface area (Å²) in [6.07, 6.45) is 4.10. The van der Waals surface area contributed by atoms with E-state index in [2.05, 4.69) is 41.2 Å². The molecule has 1 unspecified atom stereocenters. The predicted octanol–water partition coefficient (Wildman–Crippen LogP) is 2.88. The van der Waals surface area contributed by atoms with Crippen LogP contribution >= 0.6 is 11.6 Å². The lowest BCUT2D eigenvalue weighted by Crippen LogP contribution is -2.26. The predicted molar refractivity (Wildman–Crippen MR) is 84.2 cm³/mol. The summed E-state index contributed by atoms with van der Waals surface area (Å²) in [6, 6.07) is 3.75. The van der Waals surface area contributed by atoms with Crippen molar-refractivity contribution in [3.05, 3.63) is 41.2 Å². The standard InChI is InChI=1S/C15H22ClN5/c1-4-17-13(15-12(16)6-5-7-18-15)8-14-19-10-20-21(14)9-11(2)3/h5-7,10-11,13,17H,4,8-9H2,1-3H3. The third-order valence-electron chi connectivity index (χ3n) is 3.19. The lowest BCUT2D eigenvalue weighted by molar-refractivity contribution is 0.444. The molecule has 2 heterocycles. The van der Waals surface area contributed by atoms with Crippen molar-refractivity contribution in [1.82, 2.24) is 25.1 Å². The SMILES string of the molecule is CCNC(Cc1ncnn1CC(C)C)c1ncccc1Cl. The van der Waals surface area contributed by atoms with E-state index < -0.39 is 0 Å². The molecular weight excluding hydrogens is 286 g/mol. The van der Waals surface area contributed by atoms with Crippen molar-refractivity contribution >= 4 is 11.6 Å². The molecule has 1 atom stereocenters. The molecule has 0 saturated carbocycles. The van der Waals surface area contributed by atoms with Crippen molar-refractivity contribution in [2.45, 2.75) is 39.8 Å². The van der Waals surface area contributed by atoms with Gasteiger partial charge in [-0.1, -0.05) is 32.4 Å². The third-order valence-corrected chi connectivity index (χ3v) is 3.51. The minimum Gasteiger partial charge on any atom is -0.308 e. The molecule has 0 aromatic carbocycles. The maximum Gasteiger partial charge on any atom is 0.138 e. The molecule has 0 spiro atoms. The van der Waals surface area contributed by atoms with E-state index >= 15 is 0 Å². The second-order valence-corrected chi connectivity index (χ2v) is 5.84. The van der Waals surface area contributed by atoms with Crippen LogP contribution in [-0.2, 0) is 13.0 Å². The van der Waals surface area contributed by atoms with Crippen LogP contribution in [0.15, 0.2) is 24.7 Å². The number of halogens is 1. The Hall–Kier alpha value is -1.46. The molecule has 1 N–H and O–H groups in total. The van der Waals surface area contributed by atoms with Gasteiger partial charge in [-0.2, -0.15) is 5.10 Å². The molecule has 0 fully saturated rings. The lowest BCUT2D eigenvalue weighted by atomic mass is 10.1. The van der Waals surface area contributed by atoms with E-state index in [-0.39, 0.29) is 6.04 Å². The van der Waals surface area contributed by atoms with Crippen molar-refractivity contribution < 1.29 is 0 Å². The molecule has 21 heavy (non-hydrogen) atoms. The monoisotopic (exact) mass is 307 g/mol. The van der Waals surface area contributed by atoms with Gasteiger partial charge in [-0.3, -0.25) is 4.98 Å². The molecule has 0 saturated heterocycles. The summed E-state index contributed by atoms with van der Waals surface area (Å²) in [4.78, 5) is 8.80. The number of likely N-dealkylation sites (N-methyl/N-ethyl adjacent to an activating group) is 1. The Bertz CT molecular complexity index is 567. The first-order chi connectivity index (χ1) is 10.1. The van der Waals surface area contributed by atoms with Crippen molar-refractivity contribution in [2.75, 3.05) is 6.54 Å². The van der Waals surface area contributed by atoms with Gasteiger partial charge < -0.3 is 5.32 Å². The zero-order valence-corrected chi connectivity index (χ0v) is 13.5. The van der Waals surface area contributed by atoms with Crippen LogP contribution in [0.5, 0.6) is 0 Å². The van der Waals surface area contributed by atoms with Gasteiger partial charge in [0.05, 0.1) is 16.8 Å². The van der Waals surface area contributed by atoms with E-state index in [1.165, 1.54) is 0 Å². The molecule has 2 aromatic heterocycles. The van der Waals surface area contributed by atoms with Crippen molar-refractivity contribution in [1.29, 1.82) is 0 Å². The highest BCUT2D eigenvalue weighted by molar-refractivity contribution is 6.31. The van der Waals surface area contributed by atoms with Crippen LogP contribution in [0.4, 0.5) is 0 Å². The molecule has 0 amide bonds. The smallest absolute Gasteiger partial charge is 0.138 e. The molecule has 114 valence electrons. The average molecular weight is 308 g/mol. The van der Waals surface area contributed by atoms with Crippen LogP contribution in [0.25, 0.3) is 0 Å². The van der Waals surface area contributed by atoms with Gasteiger partial charge in [0, 0.05) is 19.2 Å². The Morgan fingerprint density at radius 3 is 2.81 bits per heavy atom. The second kappa shape index (κ2) is 7.52. The number of nitrogens with zero attached hydrogens (tertiary/aromatic N) is 4. The van der Waals surface area contributed by atoms with Crippen LogP contribution in [0, 0.1) is 5.92 Å². The summed E-state index contributed by atoms with van der Waals surface area (Å²) < 4.78 is 1.96. The summed E-state index contributed by atoms with van der Waals surface area (Å²) in [7, 11) is 0. The van der Waals surface area contributed by atoms with Crippen molar-refractivity contribution in [3.63, 3.8) is 0 Å². The van der Waals surface area contributed by atoms with Gasteiger partial charge in [-0.15, -0.1) is 0 Å². The lowest BCUT2D eigenvalue weighted by Gasteiger charge is -2.18. The van der Waals surface area contributed by atoms with Gasteiger partial charge in [0.15, 0.2) is 0 Å². The van der Waals surface area contributed by atoms with E-state index in [1.807, 2.05) is 16.8 Å². The van der Waals surface area contributed by atoms with Gasteiger partial charge in [0.2, 0.25) is 0 Å². The number of nitrogens with one attached hydrogen (secondary N) is 1. The number of hydrogen-bond acceptors (Lipinski definition) is 4. The fraction of sp³-hybridized carbons (Fsp3) is 0.533. The van der Waals surface area contributed by atoms with Gasteiger partial charge in [0.25, 0.3) is 0 Å². The first-order valence-corrected chi connectivity index (χ1v) is 7.70. The van der Waals surface area contributed by atoms with Crippen LogP contribution in [0.3, 0.4) is 0 Å². The zero-order chi connectivity index (χ0) is 15.2. The number of hydrogen-bond donors (Lipinski definition) is 1. The van der Waals surface area contributed by atoms with Crippen LogP contribution < -0.4 is 5.32 Å². The quantitative estimate of drug-likeness (QED) is 0.854. The Labute approximate surface area is 130 Å². The van der Waals surface area contributed by atoms with E-state index in [4.69, 9.17) is 11.6 Å². The summed E-state index contributed by atoms with van der Waals surface area (Å²) in [6.45, 7) is 8.12. The Morgan fingerprint density at radius 2 is 2.14 bits per heavy atom. The van der Waals surface area contributed by atoms with Crippen molar-refractivity contribution in [3.8, 4) is 0 Å². The van der Waals surface area contributed by atoms with Gasteiger partial charge >= 0.3 is 0 Å². The highest BCUT2D eigenvalue weighted by Crippen LogP contribution is 2.23. The molecule has 6 heteroatoms. The largest absolute Gasteiger partial charge is 0.308 e. The van der Waals surface area contributed by atoms with E-state index in [9.17, 15) is 0 Å². The molecular formula is C15H22ClN5. The summed E-state index contributed by atoms with van der Waals surface area (Å²) >= 11 is 6.27. The highest BCUT2D eigenvalue weighted by Gasteiger charge is 2.19. The first-order valence-electron chi connectivity index (χ1n) is 7.32. The van der Waals surface area contributed by atoms with Crippen molar-refractivity contribution in [2.24, 2.45) is 5.92 Å². The first kappa shape index (κ1) is 15.9. The number of pyridine rings is 1. The second-order valence-electron chi connectivity index (χ2n) is 5.44. The minimum atomic E-state index is 0.0406. The van der Waals surface area contributed by atoms with E-state index in [0.717, 1.165) is 31.0 Å². The molecule has 5 nitrogen and oxygen atoms in total. The normalized spacial score (nSPS) is 12.8. The third kappa shape index (κ3) is 4.25. The fourth-order valence-corrected chi connectivity index (χ4v) is 2.55. The number of aromatic nitrogens is 4. The van der Waals surface area contributed by atoms with Gasteiger partial charge in [-0.05, 0) is 24.6 Å². The summed E-state index contributed by atoms with van der Waals surface area (Å²) in [5.41, 5.74) is 0.861. The van der Waals surface area contributed by atoms with Gasteiger partial charge in [0.1, 0.15) is 12.2 Å². The molecule has 0 aliphatic rings. The Kier molecular flexibility index (Phi) is 5.70. The maximum atomic E-state index is 6.27. The maximum absolute atomic E-state index is 6.27. The highest BCUT2D eigenvalue weighted by atomic mass is 35.5. The van der Waals surface area contributed by atoms with E-state index in [1.54, 1.807) is 12.5 Å². The molecule has 2 rings (SSSR count). The average Bonchev–Trinajstić information content (AvgIpc) is 2.85. The molecule has 0 aliphatic carbocycles. The van der Waals surface area contributed by atoms with Crippen LogP contribution in [0.1, 0.15) is 38.3 Å². The van der Waals surface area contributed by atoms with E-state index in [0.29, 0.717) is 10.9 Å². The van der Waals surface area contributed by atoms with Gasteiger partial charge in [-0.25, -0.2) is 9.67 Å². The topological polar surface area (TPSA) is 55.6 Å². The number of rotatable bonds is 7. The summed E-state index contributed by atoms with van der Waals surface area (Å²) in [5, 5.41) is 8.42. The molecule has 0 radical (unpaired) electrons. The van der Waals surface area contributed by atoms with Crippen LogP contribution in [0.2, 0.25) is 5.02 Å². The minimum absolute atomic E-state index is 0.0406. The summed E-state index contributed by atoms with van der Waals surface area (Å²) in [5.74, 6) is 1.48. The molecule has 0 aliphatic heterocycles. The van der Waals surface area contributed by atoms with Crippen LogP contribution in [-0.4, -0.2) is 26.3 Å². The fourth-order valence-electron chi connectivity index (χ4n) is 2.29. The Morgan fingerprint density at radius 1 is 1.33 bits per heavy atom. The Balaban J connectivity index is 2.21.